The summed E-state index contributed by atoms with van der Waals surface area (Å²) < 4.78 is 5.27. The molecular formula is C22H26N3O2+. The van der Waals surface area contributed by atoms with Gasteiger partial charge in [0, 0.05) is 29.4 Å². The number of amides is 1. The average molecular weight is 364 g/mol. The Morgan fingerprint density at radius 1 is 1.11 bits per heavy atom. The topological polar surface area (TPSA) is 49.8 Å². The molecule has 3 aromatic rings. The number of nitrogens with zero attached hydrogens (tertiary/aromatic N) is 1. The van der Waals surface area contributed by atoms with Crippen molar-refractivity contribution in [3.8, 4) is 5.75 Å². The van der Waals surface area contributed by atoms with Gasteiger partial charge in [-0.2, -0.15) is 0 Å². The van der Waals surface area contributed by atoms with E-state index in [9.17, 15) is 4.79 Å². The largest absolute Gasteiger partial charge is 0.497 e. The molecule has 1 aliphatic rings. The molecule has 5 heteroatoms. The average Bonchev–Trinajstić information content (AvgIpc) is 3.00. The van der Waals surface area contributed by atoms with Crippen LogP contribution in [-0.2, 0) is 6.54 Å². The number of ether oxygens (including phenoxy) is 1. The standard InChI is InChI=1S/C22H25N3O2/c1-27-19-8-9-20-18(14-19)15-21(23-20)22(26)25-11-5-10-24(12-13-25)16-17-6-3-2-4-7-17/h2-4,6-9,14-15,23H,5,10-13,16H2,1H3/p+1. The van der Waals surface area contributed by atoms with Crippen LogP contribution in [0.15, 0.2) is 54.6 Å². The summed E-state index contributed by atoms with van der Waals surface area (Å²) in [5.74, 6) is 0.890. The molecule has 1 unspecified atom stereocenters. The summed E-state index contributed by atoms with van der Waals surface area (Å²) in [6, 6.07) is 18.3. The lowest BCUT2D eigenvalue weighted by molar-refractivity contribution is -0.911. The zero-order valence-corrected chi connectivity index (χ0v) is 15.7. The van der Waals surface area contributed by atoms with Crippen LogP contribution < -0.4 is 9.64 Å². The number of carbonyl (C=O) groups is 1. The molecular weight excluding hydrogens is 338 g/mol. The van der Waals surface area contributed by atoms with Crippen molar-refractivity contribution < 1.29 is 14.4 Å². The van der Waals surface area contributed by atoms with E-state index >= 15 is 0 Å². The van der Waals surface area contributed by atoms with Gasteiger partial charge in [-0.25, -0.2) is 0 Å². The van der Waals surface area contributed by atoms with E-state index in [2.05, 4.69) is 35.3 Å². The van der Waals surface area contributed by atoms with E-state index in [1.165, 1.54) is 10.5 Å². The van der Waals surface area contributed by atoms with Crippen molar-refractivity contribution in [1.82, 2.24) is 9.88 Å². The highest BCUT2D eigenvalue weighted by Crippen LogP contribution is 2.22. The molecule has 1 aliphatic heterocycles. The highest BCUT2D eigenvalue weighted by Gasteiger charge is 2.23. The second-order valence-corrected chi connectivity index (χ2v) is 7.19. The summed E-state index contributed by atoms with van der Waals surface area (Å²) >= 11 is 0. The Kier molecular flexibility index (Phi) is 5.12. The van der Waals surface area contributed by atoms with Gasteiger partial charge < -0.3 is 19.5 Å². The lowest BCUT2D eigenvalue weighted by Crippen LogP contribution is -3.11. The van der Waals surface area contributed by atoms with E-state index in [0.29, 0.717) is 5.69 Å². The van der Waals surface area contributed by atoms with Crippen molar-refractivity contribution in [3.63, 3.8) is 0 Å². The minimum absolute atomic E-state index is 0.0890. The quantitative estimate of drug-likeness (QED) is 0.745. The van der Waals surface area contributed by atoms with Crippen LogP contribution in [0.5, 0.6) is 5.75 Å². The maximum atomic E-state index is 13.0. The van der Waals surface area contributed by atoms with Gasteiger partial charge >= 0.3 is 0 Å². The molecule has 0 saturated carbocycles. The number of H-pyrrole nitrogens is 1. The molecule has 1 atom stereocenters. The number of methoxy groups -OCH3 is 1. The number of nitrogens with one attached hydrogen (secondary N) is 2. The fourth-order valence-electron chi connectivity index (χ4n) is 3.84. The first-order valence-corrected chi connectivity index (χ1v) is 9.56. The molecule has 1 amide bonds. The molecule has 0 spiro atoms. The summed E-state index contributed by atoms with van der Waals surface area (Å²) in [6.07, 6.45) is 1.03. The van der Waals surface area contributed by atoms with E-state index in [1.807, 2.05) is 29.2 Å². The van der Waals surface area contributed by atoms with Crippen LogP contribution in [0.3, 0.4) is 0 Å². The van der Waals surface area contributed by atoms with E-state index in [1.54, 1.807) is 7.11 Å². The van der Waals surface area contributed by atoms with Crippen molar-refractivity contribution in [3.05, 3.63) is 65.9 Å². The first-order valence-electron chi connectivity index (χ1n) is 9.56. The van der Waals surface area contributed by atoms with Gasteiger partial charge in [0.25, 0.3) is 5.91 Å². The number of benzene rings is 2. The Bertz CT molecular complexity index is 920. The van der Waals surface area contributed by atoms with Crippen molar-refractivity contribution in [1.29, 1.82) is 0 Å². The Morgan fingerprint density at radius 3 is 2.78 bits per heavy atom. The first-order chi connectivity index (χ1) is 13.2. The molecule has 140 valence electrons. The number of fused-ring (bicyclic) bond motifs is 1. The fourth-order valence-corrected chi connectivity index (χ4v) is 3.84. The van der Waals surface area contributed by atoms with Crippen molar-refractivity contribution >= 4 is 16.8 Å². The fraction of sp³-hybridized carbons (Fsp3) is 0.318. The number of quaternary nitrogens is 1. The zero-order chi connectivity index (χ0) is 18.6. The summed E-state index contributed by atoms with van der Waals surface area (Å²) in [6.45, 7) is 4.71. The van der Waals surface area contributed by atoms with Crippen LogP contribution in [0.2, 0.25) is 0 Å². The summed E-state index contributed by atoms with van der Waals surface area (Å²) in [7, 11) is 1.65. The van der Waals surface area contributed by atoms with Crippen molar-refractivity contribution in [2.24, 2.45) is 0 Å². The predicted molar refractivity (Wildman–Crippen MR) is 106 cm³/mol. The lowest BCUT2D eigenvalue weighted by atomic mass is 10.2. The molecule has 2 N–H and O–H groups in total. The third kappa shape index (κ3) is 3.98. The minimum Gasteiger partial charge on any atom is -0.497 e. The second-order valence-electron chi connectivity index (χ2n) is 7.19. The molecule has 1 fully saturated rings. The van der Waals surface area contributed by atoms with Gasteiger partial charge in [0.1, 0.15) is 18.0 Å². The van der Waals surface area contributed by atoms with Crippen LogP contribution in [0.4, 0.5) is 0 Å². The summed E-state index contributed by atoms with van der Waals surface area (Å²) in [5, 5.41) is 1.00. The van der Waals surface area contributed by atoms with E-state index in [-0.39, 0.29) is 5.91 Å². The highest BCUT2D eigenvalue weighted by atomic mass is 16.5. The maximum Gasteiger partial charge on any atom is 0.270 e. The predicted octanol–water partition coefficient (Wildman–Crippen LogP) is 2.11. The Balaban J connectivity index is 1.43. The molecule has 1 aromatic heterocycles. The van der Waals surface area contributed by atoms with Gasteiger partial charge in [-0.1, -0.05) is 30.3 Å². The Labute approximate surface area is 159 Å². The van der Waals surface area contributed by atoms with Gasteiger partial charge in [0.15, 0.2) is 0 Å². The molecule has 2 aromatic carbocycles. The number of hydrogen-bond acceptors (Lipinski definition) is 2. The number of aromatic nitrogens is 1. The van der Waals surface area contributed by atoms with Gasteiger partial charge in [-0.15, -0.1) is 0 Å². The number of carbonyl (C=O) groups excluding carboxylic acids is 1. The molecule has 4 rings (SSSR count). The third-order valence-electron chi connectivity index (χ3n) is 5.34. The number of hydrogen-bond donors (Lipinski definition) is 2. The highest BCUT2D eigenvalue weighted by molar-refractivity contribution is 5.98. The van der Waals surface area contributed by atoms with Crippen molar-refractivity contribution in [2.45, 2.75) is 13.0 Å². The summed E-state index contributed by atoms with van der Waals surface area (Å²) in [5.41, 5.74) is 2.98. The monoisotopic (exact) mass is 364 g/mol. The van der Waals surface area contributed by atoms with Crippen LogP contribution >= 0.6 is 0 Å². The number of aromatic amines is 1. The summed E-state index contributed by atoms with van der Waals surface area (Å²) in [4.78, 5) is 19.8. The SMILES string of the molecule is COc1ccc2[nH]c(C(=O)N3CCC[NH+](Cc4ccccc4)CC3)cc2c1. The molecule has 0 radical (unpaired) electrons. The first kappa shape index (κ1) is 17.6. The smallest absolute Gasteiger partial charge is 0.270 e. The second kappa shape index (κ2) is 7.84. The molecule has 5 nitrogen and oxygen atoms in total. The van der Waals surface area contributed by atoms with Gasteiger partial charge in [0.2, 0.25) is 0 Å². The van der Waals surface area contributed by atoms with E-state index in [0.717, 1.165) is 55.8 Å². The third-order valence-corrected chi connectivity index (χ3v) is 5.34. The van der Waals surface area contributed by atoms with Crippen LogP contribution in [0.1, 0.15) is 22.5 Å². The Morgan fingerprint density at radius 2 is 1.96 bits per heavy atom. The maximum absolute atomic E-state index is 13.0. The van der Waals surface area contributed by atoms with E-state index < -0.39 is 0 Å². The Hall–Kier alpha value is -2.79. The normalized spacial score (nSPS) is 17.7. The van der Waals surface area contributed by atoms with Crippen molar-refractivity contribution in [2.75, 3.05) is 33.3 Å². The molecule has 0 aliphatic carbocycles. The van der Waals surface area contributed by atoms with Gasteiger partial charge in [-0.05, 0) is 24.3 Å². The molecule has 1 saturated heterocycles. The van der Waals surface area contributed by atoms with Crippen LogP contribution in [-0.4, -0.2) is 49.1 Å². The van der Waals surface area contributed by atoms with Crippen LogP contribution in [0, 0.1) is 0 Å². The molecule has 2 heterocycles. The minimum atomic E-state index is 0.0890. The number of rotatable bonds is 4. The lowest BCUT2D eigenvalue weighted by Gasteiger charge is -2.19. The van der Waals surface area contributed by atoms with E-state index in [4.69, 9.17) is 4.74 Å². The zero-order valence-electron chi connectivity index (χ0n) is 15.7. The molecule has 27 heavy (non-hydrogen) atoms. The molecule has 0 bridgehead atoms. The van der Waals surface area contributed by atoms with Crippen LogP contribution in [0.25, 0.3) is 10.9 Å². The van der Waals surface area contributed by atoms with Gasteiger partial charge in [0.05, 0.1) is 26.7 Å². The van der Waals surface area contributed by atoms with Gasteiger partial charge in [-0.3, -0.25) is 4.79 Å².